The largest absolute Gasteiger partial charge is 0.382 e. The third-order valence-corrected chi connectivity index (χ3v) is 1.70. The van der Waals surface area contributed by atoms with E-state index in [1.807, 2.05) is 19.2 Å². The quantitative estimate of drug-likeness (QED) is 0.688. The summed E-state index contributed by atoms with van der Waals surface area (Å²) in [5, 5.41) is 0. The molecule has 0 fully saturated rings. The van der Waals surface area contributed by atoms with Gasteiger partial charge in [0.2, 0.25) is 0 Å². The van der Waals surface area contributed by atoms with Gasteiger partial charge in [0, 0.05) is 19.8 Å². The maximum Gasteiger partial charge on any atom is 0.146 e. The molecule has 11 heavy (non-hydrogen) atoms. The minimum atomic E-state index is 0.594. The van der Waals surface area contributed by atoms with Crippen LogP contribution in [0.25, 0.3) is 0 Å². The van der Waals surface area contributed by atoms with Crippen LogP contribution in [0, 0.1) is 0 Å². The highest BCUT2D eigenvalue weighted by molar-refractivity contribution is 5.62. The molecule has 0 aliphatic heterocycles. The van der Waals surface area contributed by atoms with E-state index in [0.29, 0.717) is 5.82 Å². The number of nitrogen functional groups attached to an aromatic ring is 1. The monoisotopic (exact) mass is 151 g/mol. The van der Waals surface area contributed by atoms with E-state index in [-0.39, 0.29) is 0 Å². The van der Waals surface area contributed by atoms with Crippen molar-refractivity contribution in [3.05, 3.63) is 18.3 Å². The number of anilines is 2. The molecule has 0 atom stereocenters. The van der Waals surface area contributed by atoms with E-state index in [0.717, 1.165) is 12.2 Å². The van der Waals surface area contributed by atoms with Crippen molar-refractivity contribution >= 4 is 11.5 Å². The van der Waals surface area contributed by atoms with E-state index in [4.69, 9.17) is 5.73 Å². The molecule has 0 saturated heterocycles. The van der Waals surface area contributed by atoms with Crippen LogP contribution in [0.5, 0.6) is 0 Å². The summed E-state index contributed by atoms with van der Waals surface area (Å²) in [5.41, 5.74) is 6.64. The van der Waals surface area contributed by atoms with Gasteiger partial charge in [0.15, 0.2) is 0 Å². The Morgan fingerprint density at radius 1 is 1.64 bits per heavy atom. The molecule has 0 bridgehead atoms. The smallest absolute Gasteiger partial charge is 0.146 e. The number of pyridine rings is 1. The molecule has 0 aromatic carbocycles. The number of nitrogens with zero attached hydrogens (tertiary/aromatic N) is 2. The first-order valence-corrected chi connectivity index (χ1v) is 3.67. The summed E-state index contributed by atoms with van der Waals surface area (Å²) in [4.78, 5) is 6.04. The van der Waals surface area contributed by atoms with Gasteiger partial charge in [-0.05, 0) is 19.1 Å². The summed E-state index contributed by atoms with van der Waals surface area (Å²) in [6, 6.07) is 3.85. The van der Waals surface area contributed by atoms with Crippen molar-refractivity contribution in [3.8, 4) is 0 Å². The van der Waals surface area contributed by atoms with Crippen LogP contribution in [-0.4, -0.2) is 18.6 Å². The third kappa shape index (κ3) is 1.61. The fourth-order valence-electron chi connectivity index (χ4n) is 0.902. The molecule has 1 aromatic rings. The minimum Gasteiger partial charge on any atom is -0.382 e. The molecule has 0 amide bonds. The van der Waals surface area contributed by atoms with Gasteiger partial charge >= 0.3 is 0 Å². The van der Waals surface area contributed by atoms with E-state index >= 15 is 0 Å². The third-order valence-electron chi connectivity index (χ3n) is 1.70. The van der Waals surface area contributed by atoms with Crippen LogP contribution in [0.4, 0.5) is 11.5 Å². The number of hydrogen-bond acceptors (Lipinski definition) is 3. The molecule has 0 unspecified atom stereocenters. The van der Waals surface area contributed by atoms with Gasteiger partial charge in [-0.1, -0.05) is 0 Å². The molecule has 60 valence electrons. The van der Waals surface area contributed by atoms with Crippen LogP contribution in [0.15, 0.2) is 18.3 Å². The van der Waals surface area contributed by atoms with Crippen LogP contribution in [-0.2, 0) is 0 Å². The Morgan fingerprint density at radius 2 is 2.36 bits per heavy atom. The van der Waals surface area contributed by atoms with E-state index in [1.54, 1.807) is 6.20 Å². The molecule has 1 heterocycles. The van der Waals surface area contributed by atoms with Gasteiger partial charge in [0.1, 0.15) is 5.82 Å². The van der Waals surface area contributed by atoms with Crippen LogP contribution < -0.4 is 10.6 Å². The van der Waals surface area contributed by atoms with E-state index in [1.165, 1.54) is 0 Å². The van der Waals surface area contributed by atoms with Crippen LogP contribution >= 0.6 is 0 Å². The predicted molar refractivity (Wildman–Crippen MR) is 47.6 cm³/mol. The van der Waals surface area contributed by atoms with Gasteiger partial charge in [-0.3, -0.25) is 0 Å². The van der Waals surface area contributed by atoms with E-state index in [2.05, 4.69) is 16.8 Å². The molecule has 0 aliphatic rings. The summed E-state index contributed by atoms with van der Waals surface area (Å²) < 4.78 is 0. The Labute approximate surface area is 66.8 Å². The van der Waals surface area contributed by atoms with Gasteiger partial charge in [0.25, 0.3) is 0 Å². The second-order valence-corrected chi connectivity index (χ2v) is 2.42. The fourth-order valence-corrected chi connectivity index (χ4v) is 0.902. The highest BCUT2D eigenvalue weighted by Gasteiger charge is 2.01. The van der Waals surface area contributed by atoms with E-state index < -0.39 is 0 Å². The molecule has 0 spiro atoms. The Morgan fingerprint density at radius 3 is 2.91 bits per heavy atom. The standard InChI is InChI=1S/C8H13N3/c1-3-11(2)7-5-4-6-10-8(7)9/h4-6H,3H2,1-2H3,(H2,9,10). The first-order chi connectivity index (χ1) is 5.25. The summed E-state index contributed by atoms with van der Waals surface area (Å²) in [7, 11) is 1.99. The Bertz CT molecular complexity index is 235. The number of aromatic nitrogens is 1. The zero-order valence-electron chi connectivity index (χ0n) is 6.91. The van der Waals surface area contributed by atoms with Gasteiger partial charge < -0.3 is 10.6 Å². The molecular formula is C8H13N3. The molecule has 3 nitrogen and oxygen atoms in total. The summed E-state index contributed by atoms with van der Waals surface area (Å²) in [6.07, 6.45) is 1.70. The van der Waals surface area contributed by atoms with Crippen molar-refractivity contribution < 1.29 is 0 Å². The summed E-state index contributed by atoms with van der Waals surface area (Å²) >= 11 is 0. The Balaban J connectivity index is 2.93. The molecule has 0 radical (unpaired) electrons. The van der Waals surface area contributed by atoms with Crippen molar-refractivity contribution in [2.45, 2.75) is 6.92 Å². The summed E-state index contributed by atoms with van der Waals surface area (Å²) in [6.45, 7) is 3.02. The fraction of sp³-hybridized carbons (Fsp3) is 0.375. The predicted octanol–water partition coefficient (Wildman–Crippen LogP) is 1.12. The molecule has 0 saturated carbocycles. The second kappa shape index (κ2) is 3.23. The lowest BCUT2D eigenvalue weighted by Gasteiger charge is -2.17. The van der Waals surface area contributed by atoms with Gasteiger partial charge in [-0.15, -0.1) is 0 Å². The van der Waals surface area contributed by atoms with Gasteiger partial charge in [-0.2, -0.15) is 0 Å². The molecule has 1 aromatic heterocycles. The summed E-state index contributed by atoms with van der Waals surface area (Å²) in [5.74, 6) is 0.594. The molecule has 2 N–H and O–H groups in total. The lowest BCUT2D eigenvalue weighted by molar-refractivity contribution is 0.964. The lowest BCUT2D eigenvalue weighted by Crippen LogP contribution is -2.17. The average molecular weight is 151 g/mol. The number of nitrogens with two attached hydrogens (primary N) is 1. The molecule has 0 aliphatic carbocycles. The highest BCUT2D eigenvalue weighted by atomic mass is 15.1. The topological polar surface area (TPSA) is 42.2 Å². The van der Waals surface area contributed by atoms with Gasteiger partial charge in [-0.25, -0.2) is 4.98 Å². The number of rotatable bonds is 2. The van der Waals surface area contributed by atoms with Gasteiger partial charge in [0.05, 0.1) is 5.69 Å². The average Bonchev–Trinajstić information content (AvgIpc) is 2.04. The zero-order chi connectivity index (χ0) is 8.27. The van der Waals surface area contributed by atoms with Crippen molar-refractivity contribution in [3.63, 3.8) is 0 Å². The molecule has 3 heteroatoms. The Hall–Kier alpha value is -1.25. The zero-order valence-corrected chi connectivity index (χ0v) is 6.91. The number of hydrogen-bond donors (Lipinski definition) is 1. The van der Waals surface area contributed by atoms with Crippen molar-refractivity contribution in [1.82, 2.24) is 4.98 Å². The highest BCUT2D eigenvalue weighted by Crippen LogP contribution is 2.17. The van der Waals surface area contributed by atoms with Crippen LogP contribution in [0.3, 0.4) is 0 Å². The first-order valence-electron chi connectivity index (χ1n) is 3.67. The van der Waals surface area contributed by atoms with Crippen LogP contribution in [0.2, 0.25) is 0 Å². The molecule has 1 rings (SSSR count). The first kappa shape index (κ1) is 7.85. The minimum absolute atomic E-state index is 0.594. The maximum absolute atomic E-state index is 5.64. The maximum atomic E-state index is 5.64. The van der Waals surface area contributed by atoms with Crippen molar-refractivity contribution in [2.24, 2.45) is 0 Å². The lowest BCUT2D eigenvalue weighted by atomic mass is 10.3. The van der Waals surface area contributed by atoms with Crippen LogP contribution in [0.1, 0.15) is 6.92 Å². The van der Waals surface area contributed by atoms with Crippen molar-refractivity contribution in [2.75, 3.05) is 24.2 Å². The second-order valence-electron chi connectivity index (χ2n) is 2.42. The molecular weight excluding hydrogens is 138 g/mol. The van der Waals surface area contributed by atoms with E-state index in [9.17, 15) is 0 Å². The Kier molecular flexibility index (Phi) is 2.31. The van der Waals surface area contributed by atoms with Crippen molar-refractivity contribution in [1.29, 1.82) is 0 Å². The SMILES string of the molecule is CCN(C)c1cccnc1N. The normalized spacial score (nSPS) is 9.64.